The van der Waals surface area contributed by atoms with Crippen LogP contribution in [0.15, 0.2) is 72.7 Å². The third-order valence-electron chi connectivity index (χ3n) is 5.45. The van der Waals surface area contributed by atoms with Crippen molar-refractivity contribution < 1.29 is 4.79 Å². The van der Waals surface area contributed by atoms with Crippen LogP contribution >= 0.6 is 11.8 Å². The second kappa shape index (κ2) is 9.40. The van der Waals surface area contributed by atoms with Gasteiger partial charge in [0.05, 0.1) is 17.5 Å². The van der Waals surface area contributed by atoms with Crippen molar-refractivity contribution in [3.8, 4) is 11.4 Å². The molecule has 0 fully saturated rings. The molecule has 1 amide bonds. The molecule has 0 bridgehead atoms. The number of carbonyl (C=O) groups excluding carboxylic acids is 1. The number of carbonyl (C=O) groups is 1. The fourth-order valence-electron chi connectivity index (χ4n) is 3.60. The molecule has 8 heteroatoms. The minimum atomic E-state index is -0.0490. The van der Waals surface area contributed by atoms with Crippen LogP contribution in [0.25, 0.3) is 11.4 Å². The van der Waals surface area contributed by atoms with Crippen molar-refractivity contribution in [2.45, 2.75) is 32.0 Å². The van der Waals surface area contributed by atoms with Crippen LogP contribution in [0, 0.1) is 13.8 Å². The van der Waals surface area contributed by atoms with Gasteiger partial charge in [0.25, 0.3) is 0 Å². The van der Waals surface area contributed by atoms with Gasteiger partial charge in [-0.2, -0.15) is 5.10 Å². The number of imidazole rings is 1. The molecule has 4 aromatic rings. The number of aromatic nitrogens is 5. The largest absolute Gasteiger partial charge is 0.338 e. The molecule has 2 heterocycles. The zero-order valence-corrected chi connectivity index (χ0v) is 19.5. The van der Waals surface area contributed by atoms with Gasteiger partial charge in [-0.3, -0.25) is 9.36 Å². The highest BCUT2D eigenvalue weighted by Gasteiger charge is 2.19. The summed E-state index contributed by atoms with van der Waals surface area (Å²) in [6.45, 7) is 6.20. The molecule has 0 aliphatic rings. The van der Waals surface area contributed by atoms with E-state index in [0.717, 1.165) is 22.1 Å². The van der Waals surface area contributed by atoms with Crippen LogP contribution < -0.4 is 0 Å². The maximum Gasteiger partial charge on any atom is 0.233 e. The minimum Gasteiger partial charge on any atom is -0.338 e. The molecule has 1 atom stereocenters. The van der Waals surface area contributed by atoms with E-state index in [1.807, 2.05) is 49.0 Å². The fraction of sp³-hybridized carbons (Fsp3) is 0.250. The summed E-state index contributed by atoms with van der Waals surface area (Å²) in [6, 6.07) is 14.3. The molecule has 0 aliphatic carbocycles. The van der Waals surface area contributed by atoms with Crippen LogP contribution in [0.5, 0.6) is 0 Å². The molecule has 0 radical (unpaired) electrons. The number of hydrogen-bond donors (Lipinski definition) is 0. The highest BCUT2D eigenvalue weighted by molar-refractivity contribution is 7.99. The number of benzene rings is 2. The summed E-state index contributed by atoms with van der Waals surface area (Å²) in [7, 11) is 1.84. The van der Waals surface area contributed by atoms with Gasteiger partial charge in [0, 0.05) is 25.1 Å². The van der Waals surface area contributed by atoms with E-state index < -0.39 is 0 Å². The van der Waals surface area contributed by atoms with Crippen molar-refractivity contribution in [3.05, 3.63) is 84.2 Å². The topological polar surface area (TPSA) is 68.8 Å². The Morgan fingerprint density at radius 1 is 1.09 bits per heavy atom. The molecule has 0 spiro atoms. The van der Waals surface area contributed by atoms with Gasteiger partial charge in [-0.05, 0) is 61.7 Å². The summed E-state index contributed by atoms with van der Waals surface area (Å²) in [5, 5.41) is 4.95. The van der Waals surface area contributed by atoms with Crippen molar-refractivity contribution in [3.63, 3.8) is 0 Å². The minimum absolute atomic E-state index is 0.0490. The molecule has 1 unspecified atom stereocenters. The number of thioether (sulfide) groups is 1. The number of nitrogens with zero attached hydrogens (tertiary/aromatic N) is 6. The van der Waals surface area contributed by atoms with Crippen LogP contribution in [0.3, 0.4) is 0 Å². The van der Waals surface area contributed by atoms with Crippen LogP contribution in [-0.2, 0) is 4.79 Å². The molecular weight excluding hydrogens is 420 g/mol. The van der Waals surface area contributed by atoms with Gasteiger partial charge in [0.2, 0.25) is 5.91 Å². The average Bonchev–Trinajstić information content (AvgIpc) is 3.48. The molecule has 0 saturated carbocycles. The van der Waals surface area contributed by atoms with E-state index in [2.05, 4.69) is 47.1 Å². The van der Waals surface area contributed by atoms with Gasteiger partial charge in [-0.15, -0.1) is 0 Å². The monoisotopic (exact) mass is 446 g/mol. The quantitative estimate of drug-likeness (QED) is 0.394. The SMILES string of the molecule is Cc1cc(C)cc(-n2ccnc2SCC(=O)N(C)C(C)c2ccc(-n3cncn3)cc2)c1. The van der Waals surface area contributed by atoms with Crippen LogP contribution in [-0.4, -0.2) is 47.9 Å². The zero-order valence-electron chi connectivity index (χ0n) is 18.6. The third kappa shape index (κ3) is 4.75. The fourth-order valence-corrected chi connectivity index (χ4v) is 4.49. The molecule has 164 valence electrons. The molecule has 32 heavy (non-hydrogen) atoms. The van der Waals surface area contributed by atoms with Crippen molar-refractivity contribution in [2.24, 2.45) is 0 Å². The van der Waals surface area contributed by atoms with Crippen molar-refractivity contribution in [1.82, 2.24) is 29.2 Å². The van der Waals surface area contributed by atoms with E-state index in [-0.39, 0.29) is 11.9 Å². The molecule has 0 saturated heterocycles. The number of amides is 1. The Morgan fingerprint density at radius 3 is 2.47 bits per heavy atom. The number of rotatable bonds is 7. The van der Waals surface area contributed by atoms with E-state index in [4.69, 9.17) is 0 Å². The van der Waals surface area contributed by atoms with Gasteiger partial charge in [-0.25, -0.2) is 14.6 Å². The lowest BCUT2D eigenvalue weighted by Gasteiger charge is -2.25. The molecule has 0 aliphatic heterocycles. The predicted octanol–water partition coefficient (Wildman–Crippen LogP) is 4.38. The zero-order chi connectivity index (χ0) is 22.7. The van der Waals surface area contributed by atoms with Gasteiger partial charge < -0.3 is 4.90 Å². The first-order valence-electron chi connectivity index (χ1n) is 10.4. The van der Waals surface area contributed by atoms with Crippen molar-refractivity contribution >= 4 is 17.7 Å². The molecule has 0 N–H and O–H groups in total. The smallest absolute Gasteiger partial charge is 0.233 e. The normalized spacial score (nSPS) is 12.0. The first kappa shape index (κ1) is 21.8. The van der Waals surface area contributed by atoms with E-state index in [0.29, 0.717) is 5.75 Å². The van der Waals surface area contributed by atoms with Gasteiger partial charge in [0.15, 0.2) is 5.16 Å². The van der Waals surface area contributed by atoms with Crippen LogP contribution in [0.4, 0.5) is 0 Å². The maximum atomic E-state index is 12.9. The Labute approximate surface area is 192 Å². The molecule has 7 nitrogen and oxygen atoms in total. The first-order chi connectivity index (χ1) is 15.4. The predicted molar refractivity (Wildman–Crippen MR) is 126 cm³/mol. The second-order valence-corrected chi connectivity index (χ2v) is 8.77. The van der Waals surface area contributed by atoms with Crippen LogP contribution in [0.2, 0.25) is 0 Å². The highest BCUT2D eigenvalue weighted by atomic mass is 32.2. The van der Waals surface area contributed by atoms with E-state index in [1.54, 1.807) is 22.1 Å². The van der Waals surface area contributed by atoms with E-state index in [1.165, 1.54) is 29.2 Å². The summed E-state index contributed by atoms with van der Waals surface area (Å²) >= 11 is 1.45. The Bertz CT molecular complexity index is 1180. The summed E-state index contributed by atoms with van der Waals surface area (Å²) in [5.74, 6) is 0.373. The van der Waals surface area contributed by atoms with E-state index >= 15 is 0 Å². The molecule has 4 rings (SSSR count). The number of hydrogen-bond acceptors (Lipinski definition) is 5. The van der Waals surface area contributed by atoms with Crippen molar-refractivity contribution in [2.75, 3.05) is 12.8 Å². The lowest BCUT2D eigenvalue weighted by Crippen LogP contribution is -2.31. The Hall–Kier alpha value is -3.39. The summed E-state index contributed by atoms with van der Waals surface area (Å²) in [5.41, 5.74) is 5.45. The third-order valence-corrected chi connectivity index (χ3v) is 6.40. The van der Waals surface area contributed by atoms with Crippen LogP contribution in [0.1, 0.15) is 29.7 Å². The Balaban J connectivity index is 1.41. The summed E-state index contributed by atoms with van der Waals surface area (Å²) in [6.07, 6.45) is 6.87. The lowest BCUT2D eigenvalue weighted by molar-refractivity contribution is -0.128. The molecule has 2 aromatic carbocycles. The maximum absolute atomic E-state index is 12.9. The van der Waals surface area contributed by atoms with Gasteiger partial charge >= 0.3 is 0 Å². The summed E-state index contributed by atoms with van der Waals surface area (Å²) < 4.78 is 3.74. The lowest BCUT2D eigenvalue weighted by atomic mass is 10.1. The Kier molecular flexibility index (Phi) is 6.41. The second-order valence-electron chi connectivity index (χ2n) is 7.83. The van der Waals surface area contributed by atoms with Crippen molar-refractivity contribution in [1.29, 1.82) is 0 Å². The van der Waals surface area contributed by atoms with E-state index in [9.17, 15) is 4.79 Å². The highest BCUT2D eigenvalue weighted by Crippen LogP contribution is 2.25. The Morgan fingerprint density at radius 2 is 1.81 bits per heavy atom. The first-order valence-corrected chi connectivity index (χ1v) is 11.4. The van der Waals surface area contributed by atoms with Gasteiger partial charge in [0.1, 0.15) is 12.7 Å². The summed E-state index contributed by atoms with van der Waals surface area (Å²) in [4.78, 5) is 23.1. The molecule has 2 aromatic heterocycles. The standard InChI is InChI=1S/C24H26N6OS/c1-17-11-18(2)13-22(12-17)29-10-9-26-24(29)32-14-23(31)28(4)19(3)20-5-7-21(8-6-20)30-16-25-15-27-30/h5-13,15-16,19H,14H2,1-4H3. The molecular formula is C24H26N6OS. The number of aryl methyl sites for hydroxylation is 2. The average molecular weight is 447 g/mol. The van der Waals surface area contributed by atoms with Gasteiger partial charge in [-0.1, -0.05) is 30.0 Å².